The third-order valence-electron chi connectivity index (χ3n) is 9.90. The predicted octanol–water partition coefficient (Wildman–Crippen LogP) is 5.95. The Morgan fingerprint density at radius 1 is 0.940 bits per heavy atom. The number of ether oxygens (including phenoxy) is 1. The van der Waals surface area contributed by atoms with Crippen molar-refractivity contribution < 1.29 is 24.2 Å². The SMILES string of the molecule is CC(C)CC[C@H](O)[C@H](CC1CCCCC1)NC(=O)[C@H](Cc1cnc[nH]1)N(C)C(=O)[C@H](Cc1ccccc1)OC(=O)N(C)CCc1ccccc1. The molecule has 2 aromatic carbocycles. The summed E-state index contributed by atoms with van der Waals surface area (Å²) in [7, 11) is 3.24. The van der Waals surface area contributed by atoms with Crippen LogP contribution < -0.4 is 5.32 Å². The van der Waals surface area contributed by atoms with Crippen molar-refractivity contribution in [2.45, 2.75) is 109 Å². The third kappa shape index (κ3) is 12.3. The summed E-state index contributed by atoms with van der Waals surface area (Å²) in [6.07, 6.45) is 9.53. The first kappa shape index (κ1) is 38.6. The molecule has 1 aromatic heterocycles. The van der Waals surface area contributed by atoms with Gasteiger partial charge in [-0.25, -0.2) is 9.78 Å². The first-order valence-corrected chi connectivity index (χ1v) is 18.3. The molecule has 0 radical (unpaired) electrons. The van der Waals surface area contributed by atoms with Gasteiger partial charge in [0.2, 0.25) is 5.91 Å². The topological polar surface area (TPSA) is 128 Å². The quantitative estimate of drug-likeness (QED) is 0.152. The summed E-state index contributed by atoms with van der Waals surface area (Å²) >= 11 is 0. The average Bonchev–Trinajstić information content (AvgIpc) is 3.65. The van der Waals surface area contributed by atoms with Crippen LogP contribution in [0.1, 0.15) is 82.0 Å². The zero-order valence-electron chi connectivity index (χ0n) is 30.3. The zero-order valence-corrected chi connectivity index (χ0v) is 30.3. The summed E-state index contributed by atoms with van der Waals surface area (Å²) in [5, 5.41) is 14.6. The van der Waals surface area contributed by atoms with E-state index < -0.39 is 36.3 Å². The number of hydrogen-bond acceptors (Lipinski definition) is 6. The fourth-order valence-corrected chi connectivity index (χ4v) is 6.72. The Hall–Kier alpha value is -4.18. The molecule has 3 amide bonds. The second kappa shape index (κ2) is 19.9. The molecule has 1 saturated carbocycles. The molecule has 4 atom stereocenters. The number of rotatable bonds is 18. The summed E-state index contributed by atoms with van der Waals surface area (Å²) in [4.78, 5) is 52.1. The normalized spacial score (nSPS) is 15.9. The molecular formula is C40H57N5O5. The zero-order chi connectivity index (χ0) is 35.9. The number of carbonyl (C=O) groups is 3. The number of hydrogen-bond donors (Lipinski definition) is 3. The van der Waals surface area contributed by atoms with E-state index in [1.165, 1.54) is 16.2 Å². The molecule has 1 aliphatic carbocycles. The van der Waals surface area contributed by atoms with E-state index in [0.717, 1.165) is 43.2 Å². The standard InChI is InChI=1S/C40H57N5O5/c1-29(2)20-21-36(46)34(24-31-16-10-6-11-17-31)43-38(47)35(26-33-27-41-28-42-33)45(4)39(48)37(25-32-18-12-7-13-19-32)50-40(49)44(3)23-22-30-14-8-5-9-15-30/h5,7-9,12-15,18-19,27-29,31,34-37,46H,6,10-11,16-17,20-26H2,1-4H3,(H,41,42)(H,43,47)/t34-,35-,36-,37-/m0/s1. The molecule has 3 aromatic rings. The minimum atomic E-state index is -1.17. The molecule has 4 rings (SSSR count). The van der Waals surface area contributed by atoms with E-state index in [1.807, 2.05) is 60.7 Å². The van der Waals surface area contributed by atoms with Crippen LogP contribution in [0.2, 0.25) is 0 Å². The van der Waals surface area contributed by atoms with E-state index in [2.05, 4.69) is 29.1 Å². The number of imidazole rings is 1. The van der Waals surface area contributed by atoms with Gasteiger partial charge in [-0.2, -0.15) is 0 Å². The van der Waals surface area contributed by atoms with Gasteiger partial charge < -0.3 is 29.9 Å². The van der Waals surface area contributed by atoms with E-state index >= 15 is 0 Å². The minimum Gasteiger partial charge on any atom is -0.436 e. The monoisotopic (exact) mass is 687 g/mol. The van der Waals surface area contributed by atoms with Crippen LogP contribution in [0, 0.1) is 11.8 Å². The van der Waals surface area contributed by atoms with E-state index in [4.69, 9.17) is 4.74 Å². The molecule has 3 N–H and O–H groups in total. The number of aromatic amines is 1. The van der Waals surface area contributed by atoms with Crippen molar-refractivity contribution in [1.29, 1.82) is 0 Å². The maximum atomic E-state index is 14.3. The van der Waals surface area contributed by atoms with Gasteiger partial charge >= 0.3 is 6.09 Å². The molecular weight excluding hydrogens is 630 g/mol. The third-order valence-corrected chi connectivity index (χ3v) is 9.90. The van der Waals surface area contributed by atoms with Crippen LogP contribution in [0.15, 0.2) is 73.2 Å². The fourth-order valence-electron chi connectivity index (χ4n) is 6.72. The van der Waals surface area contributed by atoms with Crippen LogP contribution in [0.3, 0.4) is 0 Å². The molecule has 0 saturated heterocycles. The van der Waals surface area contributed by atoms with Gasteiger partial charge in [0.1, 0.15) is 6.04 Å². The first-order chi connectivity index (χ1) is 24.1. The Balaban J connectivity index is 1.54. The van der Waals surface area contributed by atoms with Crippen molar-refractivity contribution in [3.8, 4) is 0 Å². The van der Waals surface area contributed by atoms with Gasteiger partial charge in [-0.3, -0.25) is 9.59 Å². The summed E-state index contributed by atoms with van der Waals surface area (Å²) in [6, 6.07) is 17.9. The molecule has 1 heterocycles. The van der Waals surface area contributed by atoms with Gasteiger partial charge in [-0.05, 0) is 48.6 Å². The molecule has 0 bridgehead atoms. The molecule has 0 aliphatic heterocycles. The van der Waals surface area contributed by atoms with Crippen molar-refractivity contribution in [2.75, 3.05) is 20.6 Å². The molecule has 1 aliphatic rings. The highest BCUT2D eigenvalue weighted by Crippen LogP contribution is 2.29. The van der Waals surface area contributed by atoms with E-state index in [9.17, 15) is 19.5 Å². The number of aliphatic hydroxyl groups is 1. The Bertz CT molecular complexity index is 1430. The minimum absolute atomic E-state index is 0.152. The molecule has 10 nitrogen and oxygen atoms in total. The number of aliphatic hydroxyl groups excluding tert-OH is 1. The van der Waals surface area contributed by atoms with Crippen molar-refractivity contribution in [3.63, 3.8) is 0 Å². The number of H-pyrrole nitrogens is 1. The Kier molecular flexibility index (Phi) is 15.3. The second-order valence-electron chi connectivity index (χ2n) is 14.4. The molecule has 272 valence electrons. The largest absolute Gasteiger partial charge is 0.436 e. The highest BCUT2D eigenvalue weighted by molar-refractivity contribution is 5.90. The van der Waals surface area contributed by atoms with Crippen molar-refractivity contribution in [1.82, 2.24) is 25.1 Å². The lowest BCUT2D eigenvalue weighted by atomic mass is 9.83. The van der Waals surface area contributed by atoms with E-state index in [0.29, 0.717) is 43.3 Å². The van der Waals surface area contributed by atoms with Gasteiger partial charge in [-0.15, -0.1) is 0 Å². The molecule has 1 fully saturated rings. The van der Waals surface area contributed by atoms with Crippen LogP contribution in [0.5, 0.6) is 0 Å². The lowest BCUT2D eigenvalue weighted by molar-refractivity contribution is -0.146. The van der Waals surface area contributed by atoms with E-state index in [1.54, 1.807) is 26.6 Å². The maximum absolute atomic E-state index is 14.3. The van der Waals surface area contributed by atoms with E-state index in [-0.39, 0.29) is 18.7 Å². The smallest absolute Gasteiger partial charge is 0.410 e. The first-order valence-electron chi connectivity index (χ1n) is 18.3. The van der Waals surface area contributed by atoms with Crippen LogP contribution in [0.4, 0.5) is 4.79 Å². The lowest BCUT2D eigenvalue weighted by Gasteiger charge is -2.34. The fraction of sp³-hybridized carbons (Fsp3) is 0.550. The summed E-state index contributed by atoms with van der Waals surface area (Å²) in [5.41, 5.74) is 2.60. The summed E-state index contributed by atoms with van der Waals surface area (Å²) in [6.45, 7) is 4.67. The molecule has 10 heteroatoms. The van der Waals surface area contributed by atoms with Crippen LogP contribution in [-0.2, 0) is 33.6 Å². The van der Waals surface area contributed by atoms with Crippen molar-refractivity contribution in [2.24, 2.45) is 11.8 Å². The molecule has 0 spiro atoms. The Morgan fingerprint density at radius 2 is 1.60 bits per heavy atom. The molecule has 0 unspecified atom stereocenters. The second-order valence-corrected chi connectivity index (χ2v) is 14.4. The predicted molar refractivity (Wildman–Crippen MR) is 195 cm³/mol. The summed E-state index contributed by atoms with van der Waals surface area (Å²) < 4.78 is 5.93. The van der Waals surface area contributed by atoms with Crippen molar-refractivity contribution >= 4 is 17.9 Å². The number of amides is 3. The van der Waals surface area contributed by atoms with Gasteiger partial charge in [0.15, 0.2) is 6.10 Å². The molecule has 50 heavy (non-hydrogen) atoms. The van der Waals surface area contributed by atoms with Crippen LogP contribution >= 0.6 is 0 Å². The maximum Gasteiger partial charge on any atom is 0.410 e. The van der Waals surface area contributed by atoms with Crippen molar-refractivity contribution in [3.05, 3.63) is 90.0 Å². The number of carbonyl (C=O) groups excluding carboxylic acids is 3. The van der Waals surface area contributed by atoms with Gasteiger partial charge in [-0.1, -0.05) is 107 Å². The number of likely N-dealkylation sites (N-methyl/N-ethyl adjacent to an activating group) is 2. The number of benzene rings is 2. The average molecular weight is 688 g/mol. The van der Waals surface area contributed by atoms with Gasteiger partial charge in [0.05, 0.1) is 18.5 Å². The van der Waals surface area contributed by atoms with Crippen LogP contribution in [-0.4, -0.2) is 87.7 Å². The highest BCUT2D eigenvalue weighted by Gasteiger charge is 2.36. The number of aromatic nitrogens is 2. The number of nitrogens with one attached hydrogen (secondary N) is 2. The van der Waals surface area contributed by atoms with Crippen LogP contribution in [0.25, 0.3) is 0 Å². The van der Waals surface area contributed by atoms with Gasteiger partial charge in [0.25, 0.3) is 5.91 Å². The van der Waals surface area contributed by atoms with Gasteiger partial charge in [0, 0.05) is 45.4 Å². The summed E-state index contributed by atoms with van der Waals surface area (Å²) in [5.74, 6) is 0.0167. The Morgan fingerprint density at radius 3 is 2.22 bits per heavy atom. The lowest BCUT2D eigenvalue weighted by Crippen LogP contribution is -2.56. The highest BCUT2D eigenvalue weighted by atomic mass is 16.6. The Labute approximate surface area is 298 Å². The number of nitrogens with zero attached hydrogens (tertiary/aromatic N) is 3.